The zero-order valence-corrected chi connectivity index (χ0v) is 13.6. The third-order valence-electron chi connectivity index (χ3n) is 4.51. The molecule has 0 aliphatic heterocycles. The summed E-state index contributed by atoms with van der Waals surface area (Å²) in [6.07, 6.45) is 7.70. The predicted octanol–water partition coefficient (Wildman–Crippen LogP) is 4.50. The highest BCUT2D eigenvalue weighted by atomic mass is 15.2. The fourth-order valence-electron chi connectivity index (χ4n) is 2.40. The second-order valence-electron chi connectivity index (χ2n) is 7.02. The standard InChI is InChI=1S/C16H36N2/c1-7-9-10-14(8-2)12-15(18-17)11-13(3)16(4,5)6/h13-15,18H,7-12,17H2,1-6H3. The van der Waals surface area contributed by atoms with Crippen LogP contribution in [-0.2, 0) is 0 Å². The first-order chi connectivity index (χ1) is 8.35. The molecule has 0 spiro atoms. The number of nitrogens with two attached hydrogens (primary N) is 1. The molecule has 3 N–H and O–H groups in total. The molecule has 2 nitrogen and oxygen atoms in total. The van der Waals surface area contributed by atoms with E-state index in [-0.39, 0.29) is 0 Å². The molecule has 0 aliphatic carbocycles. The van der Waals surface area contributed by atoms with E-state index in [1.54, 1.807) is 0 Å². The first kappa shape index (κ1) is 17.9. The van der Waals surface area contributed by atoms with Crippen LogP contribution in [0.3, 0.4) is 0 Å². The molecule has 110 valence electrons. The van der Waals surface area contributed by atoms with Gasteiger partial charge in [0.2, 0.25) is 0 Å². The van der Waals surface area contributed by atoms with Gasteiger partial charge in [-0.25, -0.2) is 0 Å². The predicted molar refractivity (Wildman–Crippen MR) is 82.3 cm³/mol. The molecule has 18 heavy (non-hydrogen) atoms. The summed E-state index contributed by atoms with van der Waals surface area (Å²) in [5.74, 6) is 7.27. The maximum atomic E-state index is 5.75. The van der Waals surface area contributed by atoms with Crippen molar-refractivity contribution in [2.75, 3.05) is 0 Å². The highest BCUT2D eigenvalue weighted by molar-refractivity contribution is 4.77. The summed E-state index contributed by atoms with van der Waals surface area (Å²) in [4.78, 5) is 0. The minimum Gasteiger partial charge on any atom is -0.271 e. The lowest BCUT2D eigenvalue weighted by molar-refractivity contribution is 0.207. The third kappa shape index (κ3) is 7.38. The van der Waals surface area contributed by atoms with E-state index in [0.717, 1.165) is 5.92 Å². The number of unbranched alkanes of at least 4 members (excludes halogenated alkanes) is 1. The Morgan fingerprint density at radius 1 is 1.11 bits per heavy atom. The van der Waals surface area contributed by atoms with Crippen molar-refractivity contribution >= 4 is 0 Å². The maximum Gasteiger partial charge on any atom is 0.0215 e. The fourth-order valence-corrected chi connectivity index (χ4v) is 2.40. The van der Waals surface area contributed by atoms with E-state index in [4.69, 9.17) is 5.84 Å². The number of nitrogens with one attached hydrogen (secondary N) is 1. The zero-order chi connectivity index (χ0) is 14.2. The van der Waals surface area contributed by atoms with Crippen LogP contribution < -0.4 is 11.3 Å². The molecule has 2 heteroatoms. The monoisotopic (exact) mass is 256 g/mol. The fraction of sp³-hybridized carbons (Fsp3) is 1.00. The average Bonchev–Trinajstić information content (AvgIpc) is 2.31. The van der Waals surface area contributed by atoms with Gasteiger partial charge in [0, 0.05) is 6.04 Å². The van der Waals surface area contributed by atoms with Gasteiger partial charge in [0.1, 0.15) is 0 Å². The molecule has 0 rings (SSSR count). The van der Waals surface area contributed by atoms with Gasteiger partial charge >= 0.3 is 0 Å². The largest absolute Gasteiger partial charge is 0.271 e. The molecule has 0 heterocycles. The number of hydrazine groups is 1. The first-order valence-corrected chi connectivity index (χ1v) is 7.81. The van der Waals surface area contributed by atoms with Gasteiger partial charge in [-0.2, -0.15) is 0 Å². The Hall–Kier alpha value is -0.0800. The van der Waals surface area contributed by atoms with Gasteiger partial charge < -0.3 is 0 Å². The van der Waals surface area contributed by atoms with Crippen molar-refractivity contribution < 1.29 is 0 Å². The molecule has 0 amide bonds. The lowest BCUT2D eigenvalue weighted by Crippen LogP contribution is -2.39. The maximum absolute atomic E-state index is 5.75. The second-order valence-corrected chi connectivity index (χ2v) is 7.02. The molecule has 0 aromatic rings. The highest BCUT2D eigenvalue weighted by Gasteiger charge is 2.24. The lowest BCUT2D eigenvalue weighted by atomic mass is 9.77. The number of hydrogen-bond donors (Lipinski definition) is 2. The first-order valence-electron chi connectivity index (χ1n) is 7.81. The van der Waals surface area contributed by atoms with Gasteiger partial charge in [-0.1, -0.05) is 67.2 Å². The van der Waals surface area contributed by atoms with Crippen LogP contribution in [0.2, 0.25) is 0 Å². The Balaban J connectivity index is 4.23. The van der Waals surface area contributed by atoms with E-state index in [1.807, 2.05) is 0 Å². The molecule has 0 saturated heterocycles. The highest BCUT2D eigenvalue weighted by Crippen LogP contribution is 2.31. The Labute approximate surface area is 115 Å². The summed E-state index contributed by atoms with van der Waals surface area (Å²) < 4.78 is 0. The SMILES string of the molecule is CCCCC(CC)CC(CC(C)C(C)(C)C)NN. The molecular formula is C16H36N2. The van der Waals surface area contributed by atoms with Crippen LogP contribution in [0.25, 0.3) is 0 Å². The minimum atomic E-state index is 0.375. The van der Waals surface area contributed by atoms with E-state index < -0.39 is 0 Å². The van der Waals surface area contributed by atoms with Crippen molar-refractivity contribution in [2.45, 2.75) is 86.1 Å². The molecule has 0 aliphatic rings. The molecule has 0 saturated carbocycles. The van der Waals surface area contributed by atoms with E-state index in [1.165, 1.54) is 38.5 Å². The summed E-state index contributed by atoms with van der Waals surface area (Å²) in [6.45, 7) is 13.9. The molecule has 3 unspecified atom stereocenters. The Morgan fingerprint density at radius 3 is 2.11 bits per heavy atom. The van der Waals surface area contributed by atoms with Gasteiger partial charge in [0.05, 0.1) is 0 Å². The van der Waals surface area contributed by atoms with E-state index >= 15 is 0 Å². The van der Waals surface area contributed by atoms with E-state index in [0.29, 0.717) is 17.4 Å². The van der Waals surface area contributed by atoms with E-state index in [2.05, 4.69) is 47.0 Å². The van der Waals surface area contributed by atoms with Crippen LogP contribution in [0.1, 0.15) is 80.1 Å². The van der Waals surface area contributed by atoms with Crippen molar-refractivity contribution in [1.29, 1.82) is 0 Å². The Bertz CT molecular complexity index is 196. The Morgan fingerprint density at radius 2 is 1.72 bits per heavy atom. The van der Waals surface area contributed by atoms with Crippen LogP contribution in [0.5, 0.6) is 0 Å². The van der Waals surface area contributed by atoms with Crippen LogP contribution in [-0.4, -0.2) is 6.04 Å². The van der Waals surface area contributed by atoms with Crippen molar-refractivity contribution in [3.05, 3.63) is 0 Å². The summed E-state index contributed by atoms with van der Waals surface area (Å²) in [5, 5.41) is 0. The molecule has 0 radical (unpaired) electrons. The van der Waals surface area contributed by atoms with Gasteiger partial charge in [-0.05, 0) is 30.1 Å². The average molecular weight is 256 g/mol. The van der Waals surface area contributed by atoms with Crippen molar-refractivity contribution in [2.24, 2.45) is 23.1 Å². The quantitative estimate of drug-likeness (QED) is 0.471. The molecular weight excluding hydrogens is 220 g/mol. The van der Waals surface area contributed by atoms with Crippen LogP contribution in [0.15, 0.2) is 0 Å². The molecule has 0 fully saturated rings. The third-order valence-corrected chi connectivity index (χ3v) is 4.51. The molecule has 3 atom stereocenters. The minimum absolute atomic E-state index is 0.375. The summed E-state index contributed by atoms with van der Waals surface area (Å²) >= 11 is 0. The molecule has 0 bridgehead atoms. The Kier molecular flexibility index (Phi) is 8.89. The van der Waals surface area contributed by atoms with Gasteiger partial charge in [0.15, 0.2) is 0 Å². The molecule has 0 aromatic heterocycles. The van der Waals surface area contributed by atoms with Crippen LogP contribution in [0, 0.1) is 17.3 Å². The van der Waals surface area contributed by atoms with Crippen LogP contribution >= 0.6 is 0 Å². The lowest BCUT2D eigenvalue weighted by Gasteiger charge is -2.32. The van der Waals surface area contributed by atoms with Gasteiger partial charge in [0.25, 0.3) is 0 Å². The van der Waals surface area contributed by atoms with Gasteiger partial charge in [-0.3, -0.25) is 11.3 Å². The van der Waals surface area contributed by atoms with Crippen molar-refractivity contribution in [1.82, 2.24) is 5.43 Å². The topological polar surface area (TPSA) is 38.0 Å². The summed E-state index contributed by atoms with van der Waals surface area (Å²) in [7, 11) is 0. The summed E-state index contributed by atoms with van der Waals surface area (Å²) in [5.41, 5.74) is 3.42. The van der Waals surface area contributed by atoms with Crippen LogP contribution in [0.4, 0.5) is 0 Å². The van der Waals surface area contributed by atoms with Crippen molar-refractivity contribution in [3.8, 4) is 0 Å². The van der Waals surface area contributed by atoms with Gasteiger partial charge in [-0.15, -0.1) is 0 Å². The summed E-state index contributed by atoms with van der Waals surface area (Å²) in [6, 6.07) is 0.473. The number of rotatable bonds is 9. The van der Waals surface area contributed by atoms with Crippen molar-refractivity contribution in [3.63, 3.8) is 0 Å². The number of hydrogen-bond acceptors (Lipinski definition) is 2. The zero-order valence-electron chi connectivity index (χ0n) is 13.6. The second kappa shape index (κ2) is 8.92. The molecule has 0 aromatic carbocycles. The smallest absolute Gasteiger partial charge is 0.0215 e. The normalized spacial score (nSPS) is 17.5. The van der Waals surface area contributed by atoms with E-state index in [9.17, 15) is 0 Å².